The zero-order chi connectivity index (χ0) is 23.8. The van der Waals surface area contributed by atoms with E-state index in [2.05, 4.69) is 5.32 Å². The number of nitrogens with zero attached hydrogens (tertiary/aromatic N) is 1. The molecule has 1 atom stereocenters. The Balaban J connectivity index is 0.00000306. The van der Waals surface area contributed by atoms with E-state index in [1.165, 1.54) is 21.3 Å². The van der Waals surface area contributed by atoms with Crippen LogP contribution < -0.4 is 30.0 Å². The van der Waals surface area contributed by atoms with Crippen LogP contribution in [0.15, 0.2) is 30.3 Å². The van der Waals surface area contributed by atoms with Gasteiger partial charge in [0.25, 0.3) is 5.91 Å². The van der Waals surface area contributed by atoms with Crippen molar-refractivity contribution in [3.8, 4) is 28.7 Å². The first-order valence-electron chi connectivity index (χ1n) is 11.3. The van der Waals surface area contributed by atoms with Gasteiger partial charge in [0, 0.05) is 19.2 Å². The van der Waals surface area contributed by atoms with Crippen molar-refractivity contribution >= 4 is 30.7 Å². The van der Waals surface area contributed by atoms with Gasteiger partial charge >= 0.3 is 0 Å². The Hall–Kier alpha value is -2.39. The topological polar surface area (TPSA) is 95.3 Å². The first kappa shape index (κ1) is 30.6. The summed E-state index contributed by atoms with van der Waals surface area (Å²) in [5, 5.41) is 3.21. The van der Waals surface area contributed by atoms with Crippen LogP contribution in [-0.2, 0) is 6.42 Å². The standard InChI is InChI=1S/C25H35N3O5.2ClH/c1-27-15-18-6-5-13-28(16-18)25(29)20-14-21(23(31-3)24(32-4)22(20)30-2)33-19-9-7-17(8-10-19)11-12-26;;/h7-10,14,18,27H,5-6,11-13,15-16,26H2,1-4H3;2*1H. The maximum Gasteiger partial charge on any atom is 0.257 e. The minimum absolute atomic E-state index is 0. The van der Waals surface area contributed by atoms with Crippen LogP contribution in [0.5, 0.6) is 28.7 Å². The van der Waals surface area contributed by atoms with Crippen molar-refractivity contribution in [2.75, 3.05) is 54.6 Å². The van der Waals surface area contributed by atoms with Crippen molar-refractivity contribution in [2.45, 2.75) is 19.3 Å². The van der Waals surface area contributed by atoms with E-state index < -0.39 is 0 Å². The predicted molar refractivity (Wildman–Crippen MR) is 142 cm³/mol. The third kappa shape index (κ3) is 7.30. The number of amides is 1. The fourth-order valence-corrected chi connectivity index (χ4v) is 4.31. The van der Waals surface area contributed by atoms with Gasteiger partial charge in [0.1, 0.15) is 5.75 Å². The molecule has 1 heterocycles. The lowest BCUT2D eigenvalue weighted by molar-refractivity contribution is 0.0669. The summed E-state index contributed by atoms with van der Waals surface area (Å²) in [5.74, 6) is 2.33. The molecule has 2 aromatic rings. The summed E-state index contributed by atoms with van der Waals surface area (Å²) in [6.45, 7) is 2.85. The maximum absolute atomic E-state index is 13.6. The number of ether oxygens (including phenoxy) is 4. The molecule has 196 valence electrons. The average Bonchev–Trinajstić information content (AvgIpc) is 2.84. The van der Waals surface area contributed by atoms with E-state index in [1.807, 2.05) is 36.2 Å². The highest BCUT2D eigenvalue weighted by molar-refractivity contribution is 5.99. The predicted octanol–water partition coefficient (Wildman–Crippen LogP) is 3.92. The Morgan fingerprint density at radius 1 is 1.06 bits per heavy atom. The third-order valence-corrected chi connectivity index (χ3v) is 5.88. The monoisotopic (exact) mass is 529 g/mol. The van der Waals surface area contributed by atoms with Gasteiger partial charge < -0.3 is 34.9 Å². The molecular weight excluding hydrogens is 493 g/mol. The highest BCUT2D eigenvalue weighted by Gasteiger charge is 2.31. The Morgan fingerprint density at radius 3 is 2.29 bits per heavy atom. The van der Waals surface area contributed by atoms with E-state index in [0.717, 1.165) is 31.4 Å². The highest BCUT2D eigenvalue weighted by atomic mass is 35.5. The second-order valence-corrected chi connectivity index (χ2v) is 8.12. The Kier molecular flexibility index (Phi) is 13.0. The summed E-state index contributed by atoms with van der Waals surface area (Å²) < 4.78 is 22.9. The second kappa shape index (κ2) is 14.9. The number of hydrogen-bond acceptors (Lipinski definition) is 7. The van der Waals surface area contributed by atoms with Crippen LogP contribution in [0.3, 0.4) is 0 Å². The van der Waals surface area contributed by atoms with E-state index in [0.29, 0.717) is 59.9 Å². The fourth-order valence-electron chi connectivity index (χ4n) is 4.31. The van der Waals surface area contributed by atoms with Gasteiger partial charge in [-0.15, -0.1) is 24.8 Å². The molecule has 1 fully saturated rings. The number of rotatable bonds is 10. The minimum Gasteiger partial charge on any atom is -0.492 e. The van der Waals surface area contributed by atoms with Crippen LogP contribution >= 0.6 is 24.8 Å². The number of methoxy groups -OCH3 is 3. The Bertz CT molecular complexity index is 942. The third-order valence-electron chi connectivity index (χ3n) is 5.88. The molecule has 0 radical (unpaired) electrons. The number of likely N-dealkylation sites (tertiary alicyclic amines) is 1. The summed E-state index contributed by atoms with van der Waals surface area (Å²) in [6.07, 6.45) is 2.86. The van der Waals surface area contributed by atoms with Crippen LogP contribution in [0.2, 0.25) is 0 Å². The molecule has 0 aliphatic carbocycles. The van der Waals surface area contributed by atoms with Gasteiger partial charge in [0.05, 0.1) is 26.9 Å². The lowest BCUT2D eigenvalue weighted by Gasteiger charge is -2.33. The van der Waals surface area contributed by atoms with E-state index in [1.54, 1.807) is 6.07 Å². The molecule has 3 N–H and O–H groups in total. The maximum atomic E-state index is 13.6. The first-order chi connectivity index (χ1) is 16.1. The van der Waals surface area contributed by atoms with Crippen molar-refractivity contribution in [2.24, 2.45) is 11.7 Å². The molecule has 1 amide bonds. The number of benzene rings is 2. The van der Waals surface area contributed by atoms with Gasteiger partial charge in [-0.1, -0.05) is 12.1 Å². The number of carbonyl (C=O) groups excluding carboxylic acids is 1. The molecule has 1 unspecified atom stereocenters. The van der Waals surface area contributed by atoms with Crippen molar-refractivity contribution < 1.29 is 23.7 Å². The fraction of sp³-hybridized carbons (Fsp3) is 0.480. The zero-order valence-electron chi connectivity index (χ0n) is 20.8. The molecule has 8 nitrogen and oxygen atoms in total. The molecule has 1 aliphatic rings. The SMILES string of the molecule is CNCC1CCCN(C(=O)c2cc(Oc3ccc(CCN)cc3)c(OC)c(OC)c2OC)C1.Cl.Cl. The zero-order valence-corrected chi connectivity index (χ0v) is 22.4. The van der Waals surface area contributed by atoms with Crippen LogP contribution in [0.1, 0.15) is 28.8 Å². The summed E-state index contributed by atoms with van der Waals surface area (Å²) in [4.78, 5) is 15.5. The Labute approximate surface area is 220 Å². The molecule has 10 heteroatoms. The number of hydrogen-bond donors (Lipinski definition) is 2. The van der Waals surface area contributed by atoms with Gasteiger partial charge in [-0.2, -0.15) is 0 Å². The minimum atomic E-state index is -0.114. The van der Waals surface area contributed by atoms with Crippen LogP contribution in [0.25, 0.3) is 0 Å². The largest absolute Gasteiger partial charge is 0.492 e. The molecule has 1 aliphatic heterocycles. The molecule has 3 rings (SSSR count). The number of piperidine rings is 1. The van der Waals surface area contributed by atoms with Crippen molar-refractivity contribution in [1.82, 2.24) is 10.2 Å². The lowest BCUT2D eigenvalue weighted by atomic mass is 9.97. The van der Waals surface area contributed by atoms with Gasteiger partial charge in [-0.3, -0.25) is 4.79 Å². The average molecular weight is 530 g/mol. The summed E-state index contributed by atoms with van der Waals surface area (Å²) in [5.41, 5.74) is 7.15. The van der Waals surface area contributed by atoms with Crippen molar-refractivity contribution in [3.63, 3.8) is 0 Å². The van der Waals surface area contributed by atoms with Gasteiger partial charge in [-0.25, -0.2) is 0 Å². The summed E-state index contributed by atoms with van der Waals surface area (Å²) in [6, 6.07) is 9.36. The van der Waals surface area contributed by atoms with Crippen molar-refractivity contribution in [1.29, 1.82) is 0 Å². The summed E-state index contributed by atoms with van der Waals surface area (Å²) >= 11 is 0. The van der Waals surface area contributed by atoms with E-state index in [9.17, 15) is 4.79 Å². The number of carbonyl (C=O) groups is 1. The number of halogens is 2. The van der Waals surface area contributed by atoms with Crippen LogP contribution in [0.4, 0.5) is 0 Å². The molecule has 0 aromatic heterocycles. The molecule has 0 spiro atoms. The molecule has 35 heavy (non-hydrogen) atoms. The van der Waals surface area contributed by atoms with Crippen LogP contribution in [-0.4, -0.2) is 65.4 Å². The smallest absolute Gasteiger partial charge is 0.257 e. The molecule has 0 saturated carbocycles. The van der Waals surface area contributed by atoms with E-state index in [4.69, 9.17) is 24.7 Å². The van der Waals surface area contributed by atoms with E-state index in [-0.39, 0.29) is 30.7 Å². The number of nitrogens with one attached hydrogen (secondary N) is 1. The highest BCUT2D eigenvalue weighted by Crippen LogP contribution is 2.48. The second-order valence-electron chi connectivity index (χ2n) is 8.12. The quantitative estimate of drug-likeness (QED) is 0.481. The molecule has 0 bridgehead atoms. The molecule has 2 aromatic carbocycles. The normalized spacial score (nSPS) is 14.9. The van der Waals surface area contributed by atoms with Gasteiger partial charge in [0.2, 0.25) is 11.5 Å². The van der Waals surface area contributed by atoms with Crippen LogP contribution in [0, 0.1) is 5.92 Å². The number of nitrogens with two attached hydrogens (primary N) is 1. The lowest BCUT2D eigenvalue weighted by Crippen LogP contribution is -2.42. The molecular formula is C25H37Cl2N3O5. The molecule has 1 saturated heterocycles. The van der Waals surface area contributed by atoms with Gasteiger partial charge in [-0.05, 0) is 63.0 Å². The Morgan fingerprint density at radius 2 is 1.71 bits per heavy atom. The summed E-state index contributed by atoms with van der Waals surface area (Å²) in [7, 11) is 6.50. The van der Waals surface area contributed by atoms with Crippen molar-refractivity contribution in [3.05, 3.63) is 41.5 Å². The van der Waals surface area contributed by atoms with E-state index >= 15 is 0 Å². The first-order valence-corrected chi connectivity index (χ1v) is 11.3. The van der Waals surface area contributed by atoms with Gasteiger partial charge in [0.15, 0.2) is 11.5 Å².